The molecule has 1 heteroatoms. The summed E-state index contributed by atoms with van der Waals surface area (Å²) in [5.41, 5.74) is 24.0. The zero-order valence-electron chi connectivity index (χ0n) is 33.4. The molecule has 12 rings (SSSR count). The number of nitrogens with zero attached hydrogens (tertiary/aromatic N) is 1. The Balaban J connectivity index is 1.04. The maximum absolute atomic E-state index is 2.51. The number of anilines is 3. The van der Waals surface area contributed by atoms with Crippen LogP contribution in [0.25, 0.3) is 50.1 Å². The third-order valence-electron chi connectivity index (χ3n) is 13.7. The predicted molar refractivity (Wildman–Crippen MR) is 247 cm³/mol. The van der Waals surface area contributed by atoms with Gasteiger partial charge in [-0.05, 0) is 144 Å². The van der Waals surface area contributed by atoms with Crippen molar-refractivity contribution in [1.29, 1.82) is 0 Å². The molecule has 4 aliphatic rings. The van der Waals surface area contributed by atoms with Crippen LogP contribution in [0.3, 0.4) is 0 Å². The molecule has 0 saturated carbocycles. The molecule has 0 atom stereocenters. The van der Waals surface area contributed by atoms with Gasteiger partial charge in [-0.3, -0.25) is 0 Å². The van der Waals surface area contributed by atoms with E-state index in [0.717, 1.165) is 12.8 Å². The SMILES string of the molecule is CC1(C)c2cc(-c3ccccc3)ccc2N(c2ccc(C3=CCCC=C3)cc2)c2ccc(-c3ccc4c(c3)C3(c5ccccc5-c5ccccc53)c3ccccc3-4)cc21. The van der Waals surface area contributed by atoms with Gasteiger partial charge in [0.1, 0.15) is 0 Å². The van der Waals surface area contributed by atoms with Crippen molar-refractivity contribution in [2.75, 3.05) is 4.90 Å². The lowest BCUT2D eigenvalue weighted by atomic mass is 9.70. The Labute approximate surface area is 347 Å². The van der Waals surface area contributed by atoms with Crippen molar-refractivity contribution < 1.29 is 0 Å². The summed E-state index contributed by atoms with van der Waals surface area (Å²) in [4.78, 5) is 2.49. The maximum atomic E-state index is 2.51. The third-order valence-corrected chi connectivity index (χ3v) is 13.7. The van der Waals surface area contributed by atoms with Crippen LogP contribution in [0.5, 0.6) is 0 Å². The lowest BCUT2D eigenvalue weighted by Crippen LogP contribution is -2.30. The lowest BCUT2D eigenvalue weighted by Gasteiger charge is -2.42. The molecule has 0 bridgehead atoms. The van der Waals surface area contributed by atoms with E-state index >= 15 is 0 Å². The fraction of sp³-hybridized carbons (Fsp3) is 0.103. The molecule has 3 aliphatic carbocycles. The first-order valence-electron chi connectivity index (χ1n) is 21.1. The first kappa shape index (κ1) is 34.1. The van der Waals surface area contributed by atoms with Crippen LogP contribution in [0.15, 0.2) is 200 Å². The monoisotopic (exact) mass is 753 g/mol. The molecule has 1 aliphatic heterocycles. The zero-order valence-corrected chi connectivity index (χ0v) is 33.4. The van der Waals surface area contributed by atoms with Crippen LogP contribution < -0.4 is 4.90 Å². The summed E-state index contributed by atoms with van der Waals surface area (Å²) in [6.45, 7) is 4.82. The molecule has 0 N–H and O–H groups in total. The fourth-order valence-electron chi connectivity index (χ4n) is 10.9. The van der Waals surface area contributed by atoms with Crippen molar-refractivity contribution in [3.8, 4) is 44.5 Å². The highest BCUT2D eigenvalue weighted by atomic mass is 15.2. The number of allylic oxidation sites excluding steroid dienone is 4. The van der Waals surface area contributed by atoms with Gasteiger partial charge in [-0.25, -0.2) is 0 Å². The number of benzene rings is 8. The molecule has 1 heterocycles. The van der Waals surface area contributed by atoms with Gasteiger partial charge in [0.2, 0.25) is 0 Å². The molecule has 8 aromatic rings. The Morgan fingerprint density at radius 2 is 0.864 bits per heavy atom. The minimum Gasteiger partial charge on any atom is -0.310 e. The molecular weight excluding hydrogens is 711 g/mol. The van der Waals surface area contributed by atoms with E-state index in [1.807, 2.05) is 0 Å². The molecule has 59 heavy (non-hydrogen) atoms. The van der Waals surface area contributed by atoms with Gasteiger partial charge in [-0.2, -0.15) is 0 Å². The molecule has 8 aromatic carbocycles. The normalized spacial score (nSPS) is 15.8. The van der Waals surface area contributed by atoms with Gasteiger partial charge in [0.05, 0.1) is 16.8 Å². The van der Waals surface area contributed by atoms with E-state index in [1.54, 1.807) is 0 Å². The molecule has 0 fully saturated rings. The van der Waals surface area contributed by atoms with Crippen molar-refractivity contribution in [2.24, 2.45) is 0 Å². The maximum Gasteiger partial charge on any atom is 0.0725 e. The minimum absolute atomic E-state index is 0.267. The summed E-state index contributed by atoms with van der Waals surface area (Å²) >= 11 is 0. The van der Waals surface area contributed by atoms with E-state index in [2.05, 4.69) is 219 Å². The predicted octanol–water partition coefficient (Wildman–Crippen LogP) is 15.2. The average molecular weight is 754 g/mol. The summed E-state index contributed by atoms with van der Waals surface area (Å²) < 4.78 is 0. The van der Waals surface area contributed by atoms with Gasteiger partial charge in [-0.1, -0.05) is 172 Å². The number of hydrogen-bond donors (Lipinski definition) is 0. The van der Waals surface area contributed by atoms with Crippen molar-refractivity contribution in [2.45, 2.75) is 37.5 Å². The van der Waals surface area contributed by atoms with Gasteiger partial charge in [0, 0.05) is 11.1 Å². The average Bonchev–Trinajstić information content (AvgIpc) is 3.77. The molecule has 1 nitrogen and oxygen atoms in total. The number of rotatable bonds is 4. The second-order valence-corrected chi connectivity index (χ2v) is 17.1. The second-order valence-electron chi connectivity index (χ2n) is 17.1. The van der Waals surface area contributed by atoms with Gasteiger partial charge >= 0.3 is 0 Å². The highest BCUT2D eigenvalue weighted by Crippen LogP contribution is 2.63. The summed E-state index contributed by atoms with van der Waals surface area (Å²) in [7, 11) is 0. The van der Waals surface area contributed by atoms with E-state index in [-0.39, 0.29) is 10.8 Å². The van der Waals surface area contributed by atoms with E-state index < -0.39 is 0 Å². The molecule has 1 spiro atoms. The zero-order chi connectivity index (χ0) is 39.3. The van der Waals surface area contributed by atoms with E-state index in [4.69, 9.17) is 0 Å². The minimum atomic E-state index is -0.373. The van der Waals surface area contributed by atoms with Crippen molar-refractivity contribution in [3.63, 3.8) is 0 Å². The first-order chi connectivity index (χ1) is 29.0. The van der Waals surface area contributed by atoms with Gasteiger partial charge in [-0.15, -0.1) is 0 Å². The number of hydrogen-bond acceptors (Lipinski definition) is 1. The number of fused-ring (bicyclic) bond motifs is 12. The first-order valence-corrected chi connectivity index (χ1v) is 21.1. The topological polar surface area (TPSA) is 3.24 Å². The highest BCUT2D eigenvalue weighted by molar-refractivity contribution is 5.96. The Hall–Kier alpha value is -6.96. The van der Waals surface area contributed by atoms with Gasteiger partial charge < -0.3 is 4.90 Å². The van der Waals surface area contributed by atoms with Crippen LogP contribution in [0.2, 0.25) is 0 Å². The molecule has 280 valence electrons. The Morgan fingerprint density at radius 1 is 0.390 bits per heavy atom. The quantitative estimate of drug-likeness (QED) is 0.173. The molecule has 0 aromatic heterocycles. The van der Waals surface area contributed by atoms with Crippen LogP contribution in [0.4, 0.5) is 17.1 Å². The standard InChI is InChI=1S/C58H43N/c1-57(2)53-36-41(39-17-7-4-8-18-39)28-33-55(53)59(44-30-25-40(26-31-44)38-15-5-3-6-16-38)56-34-29-43(37-54(56)57)42-27-32-48-47-21-11-14-24-51(47)58(52(48)35-42)49-22-12-9-19-45(49)46-20-10-13-23-50(46)58/h4-5,7-37H,3,6H2,1-2H3. The van der Waals surface area contributed by atoms with Crippen molar-refractivity contribution in [3.05, 3.63) is 239 Å². The largest absolute Gasteiger partial charge is 0.310 e. The molecule has 0 amide bonds. The van der Waals surface area contributed by atoms with Crippen LogP contribution in [0.1, 0.15) is 65.6 Å². The highest BCUT2D eigenvalue weighted by Gasteiger charge is 2.51. The van der Waals surface area contributed by atoms with Gasteiger partial charge in [0.15, 0.2) is 0 Å². The van der Waals surface area contributed by atoms with Crippen LogP contribution in [0, 0.1) is 0 Å². The Kier molecular flexibility index (Phi) is 7.38. The fourth-order valence-corrected chi connectivity index (χ4v) is 10.9. The van der Waals surface area contributed by atoms with Crippen molar-refractivity contribution >= 4 is 22.6 Å². The van der Waals surface area contributed by atoms with E-state index in [1.165, 1.54) is 106 Å². The lowest BCUT2D eigenvalue weighted by molar-refractivity contribution is 0.632. The summed E-state index contributed by atoms with van der Waals surface area (Å²) in [6, 6.07) is 68.7. The summed E-state index contributed by atoms with van der Waals surface area (Å²) in [5, 5.41) is 0. The van der Waals surface area contributed by atoms with Crippen molar-refractivity contribution in [1.82, 2.24) is 0 Å². The molecular formula is C58H43N. The van der Waals surface area contributed by atoms with Crippen LogP contribution in [-0.2, 0) is 10.8 Å². The molecule has 0 radical (unpaired) electrons. The summed E-state index contributed by atoms with van der Waals surface area (Å²) in [6.07, 6.45) is 9.13. The Bertz CT molecular complexity index is 3000. The van der Waals surface area contributed by atoms with Gasteiger partial charge in [0.25, 0.3) is 0 Å². The van der Waals surface area contributed by atoms with E-state index in [9.17, 15) is 0 Å². The van der Waals surface area contributed by atoms with Crippen LogP contribution >= 0.6 is 0 Å². The summed E-state index contributed by atoms with van der Waals surface area (Å²) in [5.74, 6) is 0. The Morgan fingerprint density at radius 3 is 1.42 bits per heavy atom. The smallest absolute Gasteiger partial charge is 0.0725 e. The molecule has 0 unspecified atom stereocenters. The van der Waals surface area contributed by atoms with Crippen LogP contribution in [-0.4, -0.2) is 0 Å². The molecule has 0 saturated heterocycles. The van der Waals surface area contributed by atoms with E-state index in [0.29, 0.717) is 0 Å². The second kappa shape index (κ2) is 12.8. The third kappa shape index (κ3) is 4.85.